The van der Waals surface area contributed by atoms with Crippen molar-refractivity contribution in [2.45, 2.75) is 43.8 Å². The Labute approximate surface area is 138 Å². The van der Waals surface area contributed by atoms with E-state index in [0.717, 1.165) is 30.8 Å². The largest absolute Gasteiger partial charge is 0.326 e. The number of carbonyl (C=O) groups is 1. The number of benzene rings is 1. The van der Waals surface area contributed by atoms with Crippen LogP contribution in [0.25, 0.3) is 0 Å². The molecule has 1 atom stereocenters. The highest BCUT2D eigenvalue weighted by atomic mass is 35.5. The summed E-state index contributed by atoms with van der Waals surface area (Å²) in [5, 5.41) is 6.28. The summed E-state index contributed by atoms with van der Waals surface area (Å²) in [5.74, 6) is 0.243. The van der Waals surface area contributed by atoms with Crippen LogP contribution in [0.2, 0.25) is 0 Å². The zero-order valence-electron chi connectivity index (χ0n) is 13.2. The minimum Gasteiger partial charge on any atom is -0.326 e. The first-order valence-corrected chi connectivity index (χ1v) is 7.98. The molecule has 21 heavy (non-hydrogen) atoms. The van der Waals surface area contributed by atoms with Crippen LogP contribution < -0.4 is 10.6 Å². The fraction of sp³-hybridized carbons (Fsp3) is 0.562. The maximum Gasteiger partial charge on any atom is 0.228 e. The third kappa shape index (κ3) is 5.53. The number of amides is 1. The summed E-state index contributed by atoms with van der Waals surface area (Å²) >= 11 is 1.85. The summed E-state index contributed by atoms with van der Waals surface area (Å²) in [5.41, 5.74) is 2.05. The van der Waals surface area contributed by atoms with Crippen LogP contribution in [0.1, 0.15) is 32.8 Å². The molecule has 5 heteroatoms. The van der Waals surface area contributed by atoms with E-state index in [4.69, 9.17) is 0 Å². The van der Waals surface area contributed by atoms with Gasteiger partial charge in [0.1, 0.15) is 0 Å². The minimum absolute atomic E-state index is 0. The smallest absolute Gasteiger partial charge is 0.228 e. The maximum absolute atomic E-state index is 12.1. The highest BCUT2D eigenvalue weighted by Crippen LogP contribution is 2.33. The lowest BCUT2D eigenvalue weighted by Crippen LogP contribution is -2.24. The molecule has 0 bridgehead atoms. The Morgan fingerprint density at radius 3 is 2.62 bits per heavy atom. The number of hydrogen-bond donors (Lipinski definition) is 2. The van der Waals surface area contributed by atoms with Crippen LogP contribution in [0, 0.1) is 12.8 Å². The molecule has 2 rings (SSSR count). The summed E-state index contributed by atoms with van der Waals surface area (Å²) in [4.78, 5) is 13.4. The molecule has 118 valence electrons. The maximum atomic E-state index is 12.1. The van der Waals surface area contributed by atoms with Gasteiger partial charge in [0, 0.05) is 21.9 Å². The lowest BCUT2D eigenvalue weighted by Gasteiger charge is -2.19. The van der Waals surface area contributed by atoms with Crippen LogP contribution >= 0.6 is 24.2 Å². The molecule has 1 aromatic carbocycles. The monoisotopic (exact) mass is 328 g/mol. The van der Waals surface area contributed by atoms with Crippen molar-refractivity contribution in [3.05, 3.63) is 23.8 Å². The second kappa shape index (κ2) is 7.52. The number of halogens is 1. The summed E-state index contributed by atoms with van der Waals surface area (Å²) in [6, 6.07) is 6.26. The van der Waals surface area contributed by atoms with E-state index < -0.39 is 0 Å². The molecule has 1 saturated heterocycles. The number of carbonyl (C=O) groups excluding carboxylic acids is 1. The van der Waals surface area contributed by atoms with Crippen LogP contribution in [-0.2, 0) is 4.79 Å². The number of thioether (sulfide) groups is 1. The topological polar surface area (TPSA) is 41.1 Å². The summed E-state index contributed by atoms with van der Waals surface area (Å²) < 4.78 is 0.201. The van der Waals surface area contributed by atoms with Crippen LogP contribution in [-0.4, -0.2) is 23.7 Å². The van der Waals surface area contributed by atoms with Crippen molar-refractivity contribution < 1.29 is 4.79 Å². The van der Waals surface area contributed by atoms with E-state index in [-0.39, 0.29) is 29.0 Å². The van der Waals surface area contributed by atoms with Crippen LogP contribution in [0.5, 0.6) is 0 Å². The molecule has 2 N–H and O–H groups in total. The Bertz CT molecular complexity index is 494. The quantitative estimate of drug-likeness (QED) is 0.828. The molecule has 1 amide bonds. The predicted molar refractivity (Wildman–Crippen MR) is 93.6 cm³/mol. The van der Waals surface area contributed by atoms with Gasteiger partial charge in [-0.3, -0.25) is 4.79 Å². The van der Waals surface area contributed by atoms with E-state index in [9.17, 15) is 4.79 Å². The van der Waals surface area contributed by atoms with Crippen molar-refractivity contribution in [3.8, 4) is 0 Å². The van der Waals surface area contributed by atoms with Crippen LogP contribution in [0.4, 0.5) is 5.69 Å². The van der Waals surface area contributed by atoms with Gasteiger partial charge in [-0.15, -0.1) is 24.2 Å². The van der Waals surface area contributed by atoms with Crippen molar-refractivity contribution >= 4 is 35.8 Å². The Balaban J connectivity index is 0.00000220. The third-order valence-corrected chi connectivity index (χ3v) is 4.41. The molecule has 0 saturated carbocycles. The molecule has 1 unspecified atom stereocenters. The zero-order valence-corrected chi connectivity index (χ0v) is 14.8. The van der Waals surface area contributed by atoms with Crippen molar-refractivity contribution in [2.75, 3.05) is 18.4 Å². The molecule has 0 radical (unpaired) electrons. The molecule has 1 fully saturated rings. The molecular weight excluding hydrogens is 304 g/mol. The van der Waals surface area contributed by atoms with E-state index in [0.29, 0.717) is 0 Å². The average Bonchev–Trinajstić information content (AvgIpc) is 2.84. The zero-order chi connectivity index (χ0) is 14.8. The molecule has 1 aliphatic rings. The minimum atomic E-state index is 0. The molecule has 1 heterocycles. The number of nitrogens with one attached hydrogen (secondary N) is 2. The number of hydrogen-bond acceptors (Lipinski definition) is 3. The van der Waals surface area contributed by atoms with Gasteiger partial charge < -0.3 is 10.6 Å². The van der Waals surface area contributed by atoms with Gasteiger partial charge in [0.25, 0.3) is 0 Å². The van der Waals surface area contributed by atoms with E-state index in [2.05, 4.69) is 50.5 Å². The second-order valence-corrected chi connectivity index (χ2v) is 8.27. The van der Waals surface area contributed by atoms with Crippen LogP contribution in [0.3, 0.4) is 0 Å². The first kappa shape index (κ1) is 18.3. The summed E-state index contributed by atoms with van der Waals surface area (Å²) in [6.45, 7) is 10.4. The van der Waals surface area contributed by atoms with Gasteiger partial charge in [-0.05, 0) is 43.7 Å². The van der Waals surface area contributed by atoms with Crippen molar-refractivity contribution in [1.29, 1.82) is 0 Å². The first-order chi connectivity index (χ1) is 9.35. The van der Waals surface area contributed by atoms with Gasteiger partial charge in [0.05, 0.1) is 5.92 Å². The van der Waals surface area contributed by atoms with Crippen molar-refractivity contribution in [1.82, 2.24) is 5.32 Å². The molecule has 3 nitrogen and oxygen atoms in total. The van der Waals surface area contributed by atoms with Crippen molar-refractivity contribution in [2.24, 2.45) is 5.92 Å². The lowest BCUT2D eigenvalue weighted by molar-refractivity contribution is -0.119. The van der Waals surface area contributed by atoms with E-state index in [1.165, 1.54) is 4.90 Å². The van der Waals surface area contributed by atoms with Gasteiger partial charge in [-0.1, -0.05) is 20.8 Å². The van der Waals surface area contributed by atoms with Gasteiger partial charge in [0.15, 0.2) is 0 Å². The fourth-order valence-electron chi connectivity index (χ4n) is 2.31. The highest BCUT2D eigenvalue weighted by Gasteiger charge is 2.22. The van der Waals surface area contributed by atoms with E-state index in [1.54, 1.807) is 0 Å². The van der Waals surface area contributed by atoms with Crippen molar-refractivity contribution in [3.63, 3.8) is 0 Å². The number of anilines is 1. The number of aryl methyl sites for hydroxylation is 1. The van der Waals surface area contributed by atoms with E-state index in [1.807, 2.05) is 17.8 Å². The third-order valence-electron chi connectivity index (χ3n) is 3.31. The van der Waals surface area contributed by atoms with Gasteiger partial charge in [-0.2, -0.15) is 0 Å². The van der Waals surface area contributed by atoms with Gasteiger partial charge in [-0.25, -0.2) is 0 Å². The summed E-state index contributed by atoms with van der Waals surface area (Å²) in [6.07, 6.45) is 0.933. The fourth-order valence-corrected chi connectivity index (χ4v) is 3.39. The molecular formula is C16H25ClN2OS. The van der Waals surface area contributed by atoms with Gasteiger partial charge in [0.2, 0.25) is 5.91 Å². The standard InChI is InChI=1S/C16H24N2OS.ClH/c1-11-9-13(20-16(2,3)4)5-6-14(11)18-15(19)12-7-8-17-10-12;/h5-6,9,12,17H,7-8,10H2,1-4H3,(H,18,19);1H. The Kier molecular flexibility index (Phi) is 6.57. The van der Waals surface area contributed by atoms with E-state index >= 15 is 0 Å². The second-order valence-electron chi connectivity index (χ2n) is 6.37. The Morgan fingerprint density at radius 2 is 2.10 bits per heavy atom. The molecule has 0 aliphatic carbocycles. The Hall–Kier alpha value is -0.710. The predicted octanol–water partition coefficient (Wildman–Crippen LogP) is 3.86. The molecule has 0 spiro atoms. The SMILES string of the molecule is Cc1cc(SC(C)(C)C)ccc1NC(=O)C1CCNC1.Cl. The molecule has 1 aliphatic heterocycles. The summed E-state index contributed by atoms with van der Waals surface area (Å²) in [7, 11) is 0. The number of rotatable bonds is 3. The lowest BCUT2D eigenvalue weighted by atomic mass is 10.1. The molecule has 0 aromatic heterocycles. The van der Waals surface area contributed by atoms with Crippen LogP contribution in [0.15, 0.2) is 23.1 Å². The first-order valence-electron chi connectivity index (χ1n) is 7.16. The normalized spacial score (nSPS) is 18.2. The highest BCUT2D eigenvalue weighted by molar-refractivity contribution is 8.00. The Morgan fingerprint density at radius 1 is 1.38 bits per heavy atom. The van der Waals surface area contributed by atoms with Gasteiger partial charge >= 0.3 is 0 Å². The average molecular weight is 329 g/mol. The molecule has 1 aromatic rings.